The number of halogens is 1. The van der Waals surface area contributed by atoms with E-state index in [0.717, 1.165) is 18.4 Å². The van der Waals surface area contributed by atoms with Crippen molar-refractivity contribution in [3.8, 4) is 5.75 Å². The number of carbonyl (C=O) groups excluding carboxylic acids is 1. The van der Waals surface area contributed by atoms with E-state index in [-0.39, 0.29) is 11.9 Å². The first-order valence-corrected chi connectivity index (χ1v) is 8.52. The molecule has 2 atom stereocenters. The molecule has 1 fully saturated rings. The third-order valence-electron chi connectivity index (χ3n) is 4.15. The third-order valence-corrected chi connectivity index (χ3v) is 4.40. The molecule has 126 valence electrons. The van der Waals surface area contributed by atoms with Gasteiger partial charge in [-0.25, -0.2) is 0 Å². The summed E-state index contributed by atoms with van der Waals surface area (Å²) in [6.07, 6.45) is 1.58. The first kappa shape index (κ1) is 16.8. The lowest BCUT2D eigenvalue weighted by atomic mass is 10.1. The van der Waals surface area contributed by atoms with E-state index in [1.807, 2.05) is 30.3 Å². The zero-order chi connectivity index (χ0) is 16.9. The molecule has 0 aliphatic heterocycles. The van der Waals surface area contributed by atoms with Crippen LogP contribution in [-0.2, 0) is 4.79 Å². The van der Waals surface area contributed by atoms with Crippen molar-refractivity contribution in [2.24, 2.45) is 11.7 Å². The van der Waals surface area contributed by atoms with Crippen LogP contribution in [0.15, 0.2) is 54.6 Å². The van der Waals surface area contributed by atoms with E-state index in [1.54, 1.807) is 24.3 Å². The molecule has 1 aliphatic rings. The van der Waals surface area contributed by atoms with Crippen molar-refractivity contribution in [1.82, 2.24) is 5.32 Å². The second kappa shape index (κ2) is 7.69. The van der Waals surface area contributed by atoms with Gasteiger partial charge in [-0.2, -0.15) is 0 Å². The lowest BCUT2D eigenvalue weighted by molar-refractivity contribution is -0.128. The zero-order valence-electron chi connectivity index (χ0n) is 13.3. The molecule has 2 aromatic carbocycles. The highest BCUT2D eigenvalue weighted by Crippen LogP contribution is 2.31. The van der Waals surface area contributed by atoms with Crippen LogP contribution >= 0.6 is 11.6 Å². The van der Waals surface area contributed by atoms with Crippen molar-refractivity contribution in [2.45, 2.75) is 25.0 Å². The average Bonchev–Trinajstić information content (AvgIpc) is 3.45. The Morgan fingerprint density at radius 2 is 1.83 bits per heavy atom. The van der Waals surface area contributed by atoms with E-state index in [2.05, 4.69) is 5.32 Å². The predicted molar refractivity (Wildman–Crippen MR) is 95.0 cm³/mol. The van der Waals surface area contributed by atoms with Gasteiger partial charge in [0, 0.05) is 23.2 Å². The Morgan fingerprint density at radius 1 is 1.17 bits per heavy atom. The van der Waals surface area contributed by atoms with E-state index in [1.165, 1.54) is 0 Å². The summed E-state index contributed by atoms with van der Waals surface area (Å²) in [5.41, 5.74) is 6.86. The second-order valence-corrected chi connectivity index (χ2v) is 6.55. The SMILES string of the molecule is NC(CNC(=O)C(Oc1ccc(Cl)cc1)c1ccccc1)C1CC1. The fraction of sp³-hybridized carbons (Fsp3) is 0.316. The Balaban J connectivity index is 1.71. The van der Waals surface area contributed by atoms with E-state index in [0.29, 0.717) is 23.2 Å². The Kier molecular flexibility index (Phi) is 5.38. The van der Waals surface area contributed by atoms with E-state index in [4.69, 9.17) is 22.1 Å². The highest BCUT2D eigenvalue weighted by Gasteiger charge is 2.30. The quantitative estimate of drug-likeness (QED) is 0.809. The summed E-state index contributed by atoms with van der Waals surface area (Å²) in [6.45, 7) is 0.469. The van der Waals surface area contributed by atoms with Crippen molar-refractivity contribution >= 4 is 17.5 Å². The Morgan fingerprint density at radius 3 is 2.46 bits per heavy atom. The Bertz CT molecular complexity index is 672. The van der Waals surface area contributed by atoms with Crippen molar-refractivity contribution in [3.05, 3.63) is 65.2 Å². The molecule has 2 aromatic rings. The van der Waals surface area contributed by atoms with Crippen molar-refractivity contribution in [1.29, 1.82) is 0 Å². The Hall–Kier alpha value is -2.04. The number of hydrogen-bond acceptors (Lipinski definition) is 3. The molecule has 24 heavy (non-hydrogen) atoms. The molecule has 1 aliphatic carbocycles. The molecule has 0 aromatic heterocycles. The molecule has 0 radical (unpaired) electrons. The van der Waals surface area contributed by atoms with Crippen molar-refractivity contribution in [3.63, 3.8) is 0 Å². The van der Waals surface area contributed by atoms with Crippen LogP contribution in [0.25, 0.3) is 0 Å². The lowest BCUT2D eigenvalue weighted by Gasteiger charge is -2.20. The highest BCUT2D eigenvalue weighted by molar-refractivity contribution is 6.30. The van der Waals surface area contributed by atoms with Gasteiger partial charge >= 0.3 is 0 Å². The summed E-state index contributed by atoms with van der Waals surface area (Å²) >= 11 is 5.90. The van der Waals surface area contributed by atoms with Gasteiger partial charge in [-0.15, -0.1) is 0 Å². The minimum absolute atomic E-state index is 0.0147. The van der Waals surface area contributed by atoms with Gasteiger partial charge < -0.3 is 15.8 Å². The maximum absolute atomic E-state index is 12.6. The van der Waals surface area contributed by atoms with Crippen LogP contribution in [0.5, 0.6) is 5.75 Å². The third kappa shape index (κ3) is 4.49. The summed E-state index contributed by atoms with van der Waals surface area (Å²) in [5, 5.41) is 3.54. The minimum Gasteiger partial charge on any atom is -0.476 e. The van der Waals surface area contributed by atoms with Gasteiger partial charge in [-0.1, -0.05) is 41.9 Å². The van der Waals surface area contributed by atoms with Gasteiger partial charge in [-0.3, -0.25) is 4.79 Å². The molecule has 0 heterocycles. The van der Waals surface area contributed by atoms with Crippen LogP contribution < -0.4 is 15.8 Å². The van der Waals surface area contributed by atoms with Gasteiger partial charge in [-0.05, 0) is 43.0 Å². The maximum Gasteiger partial charge on any atom is 0.265 e. The number of benzene rings is 2. The largest absolute Gasteiger partial charge is 0.476 e. The molecule has 3 rings (SSSR count). The predicted octanol–water partition coefficient (Wildman–Crippen LogP) is 3.31. The standard InChI is InChI=1S/C19H21ClN2O2/c20-15-8-10-16(11-9-15)24-18(14-4-2-1-3-5-14)19(23)22-12-17(21)13-6-7-13/h1-5,8-11,13,17-18H,6-7,12,21H2,(H,22,23). The first-order chi connectivity index (χ1) is 11.6. The first-order valence-electron chi connectivity index (χ1n) is 8.14. The van der Waals surface area contributed by atoms with E-state index < -0.39 is 6.10 Å². The molecule has 3 N–H and O–H groups in total. The Labute approximate surface area is 147 Å². The monoisotopic (exact) mass is 344 g/mol. The topological polar surface area (TPSA) is 64.3 Å². The number of nitrogens with one attached hydrogen (secondary N) is 1. The lowest BCUT2D eigenvalue weighted by Crippen LogP contribution is -2.41. The molecule has 2 unspecified atom stereocenters. The molecular formula is C19H21ClN2O2. The molecule has 1 amide bonds. The molecule has 0 saturated heterocycles. The summed E-state index contributed by atoms with van der Waals surface area (Å²) in [7, 11) is 0. The van der Waals surface area contributed by atoms with E-state index in [9.17, 15) is 4.79 Å². The number of nitrogens with two attached hydrogens (primary N) is 1. The summed E-state index contributed by atoms with van der Waals surface area (Å²) < 4.78 is 5.91. The molecular weight excluding hydrogens is 324 g/mol. The van der Waals surface area contributed by atoms with Crippen molar-refractivity contribution in [2.75, 3.05) is 6.54 Å². The number of rotatable bonds is 7. The van der Waals surface area contributed by atoms with Crippen LogP contribution in [0.1, 0.15) is 24.5 Å². The summed E-state index contributed by atoms with van der Waals surface area (Å²) in [4.78, 5) is 12.6. The zero-order valence-corrected chi connectivity index (χ0v) is 14.1. The van der Waals surface area contributed by atoms with Gasteiger partial charge in [0.25, 0.3) is 5.91 Å². The highest BCUT2D eigenvalue weighted by atomic mass is 35.5. The molecule has 0 bridgehead atoms. The number of hydrogen-bond donors (Lipinski definition) is 2. The summed E-state index contributed by atoms with van der Waals surface area (Å²) in [5.74, 6) is 0.944. The normalized spacial score (nSPS) is 16.2. The van der Waals surface area contributed by atoms with Crippen LogP contribution in [0, 0.1) is 5.92 Å². The van der Waals surface area contributed by atoms with Crippen LogP contribution in [0.2, 0.25) is 5.02 Å². The van der Waals surface area contributed by atoms with Crippen LogP contribution in [-0.4, -0.2) is 18.5 Å². The molecule has 1 saturated carbocycles. The molecule has 5 heteroatoms. The fourth-order valence-corrected chi connectivity index (χ4v) is 2.68. The smallest absolute Gasteiger partial charge is 0.265 e. The van der Waals surface area contributed by atoms with E-state index >= 15 is 0 Å². The maximum atomic E-state index is 12.6. The van der Waals surface area contributed by atoms with Gasteiger partial charge in [0.15, 0.2) is 0 Å². The van der Waals surface area contributed by atoms with Crippen molar-refractivity contribution < 1.29 is 9.53 Å². The average molecular weight is 345 g/mol. The van der Waals surface area contributed by atoms with Gasteiger partial charge in [0.1, 0.15) is 5.75 Å². The van der Waals surface area contributed by atoms with Gasteiger partial charge in [0.05, 0.1) is 0 Å². The number of ether oxygens (including phenoxy) is 1. The summed E-state index contributed by atoms with van der Waals surface area (Å²) in [6, 6.07) is 16.4. The van der Waals surface area contributed by atoms with Crippen LogP contribution in [0.3, 0.4) is 0 Å². The number of amides is 1. The number of carbonyl (C=O) groups is 1. The second-order valence-electron chi connectivity index (χ2n) is 6.11. The molecule has 0 spiro atoms. The molecule has 4 nitrogen and oxygen atoms in total. The van der Waals surface area contributed by atoms with Gasteiger partial charge in [0.2, 0.25) is 6.10 Å². The van der Waals surface area contributed by atoms with Crippen LogP contribution in [0.4, 0.5) is 0 Å². The fourth-order valence-electron chi connectivity index (χ4n) is 2.55. The minimum atomic E-state index is -0.723.